The maximum Gasteiger partial charge on any atom is 0.255 e. The van der Waals surface area contributed by atoms with Gasteiger partial charge in [0.05, 0.1) is 18.8 Å². The molecule has 4 aromatic rings. The van der Waals surface area contributed by atoms with Gasteiger partial charge in [0.15, 0.2) is 0 Å². The summed E-state index contributed by atoms with van der Waals surface area (Å²) in [6, 6.07) is 23.6. The molecule has 184 valence electrons. The van der Waals surface area contributed by atoms with E-state index in [9.17, 15) is 9.59 Å². The predicted molar refractivity (Wildman–Crippen MR) is 142 cm³/mol. The van der Waals surface area contributed by atoms with Gasteiger partial charge in [0.2, 0.25) is 5.91 Å². The second kappa shape index (κ2) is 10.3. The van der Waals surface area contributed by atoms with Crippen LogP contribution < -0.4 is 10.1 Å². The summed E-state index contributed by atoms with van der Waals surface area (Å²) in [5, 5.41) is 4.03. The van der Waals surface area contributed by atoms with Gasteiger partial charge in [-0.15, -0.1) is 0 Å². The lowest BCUT2D eigenvalue weighted by Gasteiger charge is -2.26. The first kappa shape index (κ1) is 23.7. The topological polar surface area (TPSA) is 74.4 Å². The number of methoxy groups -OCH3 is 1. The van der Waals surface area contributed by atoms with Crippen LogP contribution >= 0.6 is 0 Å². The monoisotopic (exact) mass is 481 g/mol. The van der Waals surface area contributed by atoms with E-state index in [2.05, 4.69) is 29.4 Å². The Balaban J connectivity index is 1.61. The quantitative estimate of drug-likeness (QED) is 0.301. The van der Waals surface area contributed by atoms with Crippen LogP contribution in [0.5, 0.6) is 5.75 Å². The Hall–Kier alpha value is -4.06. The zero-order valence-corrected chi connectivity index (χ0v) is 20.7. The lowest BCUT2D eigenvalue weighted by Crippen LogP contribution is -2.34. The van der Waals surface area contributed by atoms with E-state index in [4.69, 9.17) is 4.74 Å². The maximum absolute atomic E-state index is 13.6. The van der Waals surface area contributed by atoms with E-state index in [1.54, 1.807) is 7.11 Å². The summed E-state index contributed by atoms with van der Waals surface area (Å²) in [5.74, 6) is 0.692. The number of hydrogen-bond acceptors (Lipinski definition) is 3. The molecule has 1 aliphatic heterocycles. The van der Waals surface area contributed by atoms with Crippen molar-refractivity contribution in [3.63, 3.8) is 0 Å². The van der Waals surface area contributed by atoms with Crippen molar-refractivity contribution in [2.24, 2.45) is 0 Å². The first-order valence-electron chi connectivity index (χ1n) is 12.5. The molecular weight excluding hydrogens is 450 g/mol. The van der Waals surface area contributed by atoms with Crippen LogP contribution in [0, 0.1) is 0 Å². The van der Waals surface area contributed by atoms with Gasteiger partial charge in [0, 0.05) is 47.1 Å². The number of aromatic nitrogens is 1. The molecule has 3 aromatic carbocycles. The summed E-state index contributed by atoms with van der Waals surface area (Å²) in [7, 11) is 1.66. The standard InChI is InChI=1S/C30H31N3O3/c1-3-4-17-31-26(34)16-18-33-29(22-12-5-6-13-23(22)30(33)35)27-24-14-7-8-15-25(24)32-28(27)20-10-9-11-21(19-20)36-2/h5-15,19,29,32H,3-4,16-18H2,1-2H3,(H,31,34)/t29-/m1/s1. The Morgan fingerprint density at radius 1 is 1.06 bits per heavy atom. The molecule has 6 nitrogen and oxygen atoms in total. The van der Waals surface area contributed by atoms with E-state index < -0.39 is 0 Å². The van der Waals surface area contributed by atoms with E-state index in [0.717, 1.165) is 51.9 Å². The summed E-state index contributed by atoms with van der Waals surface area (Å²) in [6.07, 6.45) is 2.23. The van der Waals surface area contributed by atoms with Crippen molar-refractivity contribution in [3.8, 4) is 17.0 Å². The molecule has 1 aromatic heterocycles. The first-order valence-corrected chi connectivity index (χ1v) is 12.5. The second-order valence-corrected chi connectivity index (χ2v) is 9.13. The number of fused-ring (bicyclic) bond motifs is 2. The Labute approximate surface area is 211 Å². The van der Waals surface area contributed by atoms with Crippen LogP contribution in [0.2, 0.25) is 0 Å². The number of benzene rings is 3. The summed E-state index contributed by atoms with van der Waals surface area (Å²) < 4.78 is 5.49. The van der Waals surface area contributed by atoms with Gasteiger partial charge in [-0.05, 0) is 36.2 Å². The number of aromatic amines is 1. The highest BCUT2D eigenvalue weighted by Gasteiger charge is 2.40. The molecule has 0 bridgehead atoms. The molecule has 0 fully saturated rings. The van der Waals surface area contributed by atoms with Crippen molar-refractivity contribution < 1.29 is 14.3 Å². The van der Waals surface area contributed by atoms with Gasteiger partial charge in [-0.1, -0.05) is 61.9 Å². The fourth-order valence-corrected chi connectivity index (χ4v) is 5.08. The molecule has 0 saturated carbocycles. The summed E-state index contributed by atoms with van der Waals surface area (Å²) in [4.78, 5) is 31.6. The Kier molecular flexibility index (Phi) is 6.76. The fourth-order valence-electron chi connectivity index (χ4n) is 5.08. The molecule has 0 saturated heterocycles. The van der Waals surface area contributed by atoms with Crippen molar-refractivity contribution in [1.82, 2.24) is 15.2 Å². The van der Waals surface area contributed by atoms with E-state index in [0.29, 0.717) is 18.7 Å². The maximum atomic E-state index is 13.6. The van der Waals surface area contributed by atoms with Gasteiger partial charge in [-0.2, -0.15) is 0 Å². The molecule has 1 aliphatic rings. The van der Waals surface area contributed by atoms with E-state index in [1.807, 2.05) is 65.6 Å². The van der Waals surface area contributed by atoms with Crippen LogP contribution in [0.4, 0.5) is 0 Å². The predicted octanol–water partition coefficient (Wildman–Crippen LogP) is 5.70. The number of rotatable bonds is 9. The fraction of sp³-hybridized carbons (Fsp3) is 0.267. The summed E-state index contributed by atoms with van der Waals surface area (Å²) >= 11 is 0. The van der Waals surface area contributed by atoms with Crippen LogP contribution in [-0.4, -0.2) is 41.9 Å². The number of unbranched alkanes of at least 4 members (excludes halogenated alkanes) is 1. The van der Waals surface area contributed by atoms with Crippen molar-refractivity contribution in [2.75, 3.05) is 20.2 Å². The number of hydrogen-bond donors (Lipinski definition) is 2. The third-order valence-corrected chi connectivity index (χ3v) is 6.87. The first-order chi connectivity index (χ1) is 17.6. The molecule has 5 rings (SSSR count). The van der Waals surface area contributed by atoms with Crippen LogP contribution in [0.1, 0.15) is 53.7 Å². The van der Waals surface area contributed by atoms with E-state index in [1.165, 1.54) is 0 Å². The Bertz CT molecular complexity index is 1410. The third kappa shape index (κ3) is 4.35. The highest BCUT2D eigenvalue weighted by Crippen LogP contribution is 2.45. The second-order valence-electron chi connectivity index (χ2n) is 9.13. The van der Waals surface area contributed by atoms with E-state index >= 15 is 0 Å². The number of nitrogens with one attached hydrogen (secondary N) is 2. The molecule has 0 aliphatic carbocycles. The minimum Gasteiger partial charge on any atom is -0.497 e. The van der Waals surface area contributed by atoms with Gasteiger partial charge >= 0.3 is 0 Å². The van der Waals surface area contributed by atoms with Crippen molar-refractivity contribution in [2.45, 2.75) is 32.2 Å². The highest BCUT2D eigenvalue weighted by molar-refractivity contribution is 6.02. The van der Waals surface area contributed by atoms with E-state index in [-0.39, 0.29) is 24.3 Å². The van der Waals surface area contributed by atoms with Gasteiger partial charge in [0.25, 0.3) is 5.91 Å². The van der Waals surface area contributed by atoms with Gasteiger partial charge in [-0.3, -0.25) is 9.59 Å². The number of para-hydroxylation sites is 1. The molecule has 2 N–H and O–H groups in total. The van der Waals surface area contributed by atoms with Crippen molar-refractivity contribution in [1.29, 1.82) is 0 Å². The van der Waals surface area contributed by atoms with Crippen LogP contribution in [0.25, 0.3) is 22.2 Å². The highest BCUT2D eigenvalue weighted by atomic mass is 16.5. The molecule has 6 heteroatoms. The zero-order valence-electron chi connectivity index (χ0n) is 20.7. The minimum atomic E-state index is -0.311. The van der Waals surface area contributed by atoms with Crippen LogP contribution in [-0.2, 0) is 4.79 Å². The Morgan fingerprint density at radius 3 is 2.69 bits per heavy atom. The molecule has 2 heterocycles. The number of nitrogens with zero attached hydrogens (tertiary/aromatic N) is 1. The normalized spacial score (nSPS) is 14.8. The molecular formula is C30H31N3O3. The Morgan fingerprint density at radius 2 is 1.86 bits per heavy atom. The molecule has 2 amide bonds. The number of carbonyl (C=O) groups is 2. The summed E-state index contributed by atoms with van der Waals surface area (Å²) in [5.41, 5.74) is 5.61. The molecule has 1 atom stereocenters. The van der Waals surface area contributed by atoms with Crippen molar-refractivity contribution >= 4 is 22.7 Å². The molecule has 0 spiro atoms. The van der Waals surface area contributed by atoms with Gasteiger partial charge in [0.1, 0.15) is 5.75 Å². The lowest BCUT2D eigenvalue weighted by atomic mass is 9.93. The minimum absolute atomic E-state index is 0.0297. The van der Waals surface area contributed by atoms with Crippen LogP contribution in [0.3, 0.4) is 0 Å². The average molecular weight is 482 g/mol. The molecule has 0 unspecified atom stereocenters. The SMILES string of the molecule is CCCCNC(=O)CCN1C(=O)c2ccccc2[C@@H]1c1c(-c2cccc(OC)c2)[nH]c2ccccc12. The van der Waals surface area contributed by atoms with Gasteiger partial charge in [-0.25, -0.2) is 0 Å². The number of carbonyl (C=O) groups excluding carboxylic acids is 2. The lowest BCUT2D eigenvalue weighted by molar-refractivity contribution is -0.121. The largest absolute Gasteiger partial charge is 0.497 e. The summed E-state index contributed by atoms with van der Waals surface area (Å²) in [6.45, 7) is 3.10. The molecule has 36 heavy (non-hydrogen) atoms. The number of H-pyrrole nitrogens is 1. The number of amides is 2. The third-order valence-electron chi connectivity index (χ3n) is 6.87. The van der Waals surface area contributed by atoms with Gasteiger partial charge < -0.3 is 19.9 Å². The molecule has 0 radical (unpaired) electrons. The van der Waals surface area contributed by atoms with Crippen molar-refractivity contribution in [3.05, 3.63) is 89.5 Å². The smallest absolute Gasteiger partial charge is 0.255 e. The zero-order chi connectivity index (χ0) is 25.1. The average Bonchev–Trinajstić information content (AvgIpc) is 3.42. The van der Waals surface area contributed by atoms with Crippen LogP contribution in [0.15, 0.2) is 72.8 Å². The number of ether oxygens (including phenoxy) is 1.